The molecule has 0 bridgehead atoms. The molecular formula is C23H26N8O. The Morgan fingerprint density at radius 3 is 2.94 bits per heavy atom. The highest BCUT2D eigenvalue weighted by Crippen LogP contribution is 2.38. The van der Waals surface area contributed by atoms with E-state index in [1.807, 2.05) is 44.8 Å². The van der Waals surface area contributed by atoms with Crippen LogP contribution in [0.5, 0.6) is 5.88 Å². The van der Waals surface area contributed by atoms with E-state index in [2.05, 4.69) is 42.8 Å². The van der Waals surface area contributed by atoms with Crippen LogP contribution >= 0.6 is 0 Å². The highest BCUT2D eigenvalue weighted by atomic mass is 16.5. The summed E-state index contributed by atoms with van der Waals surface area (Å²) >= 11 is 0. The molecule has 9 nitrogen and oxygen atoms in total. The fraction of sp³-hybridized carbons (Fsp3) is 0.304. The minimum atomic E-state index is 0.125. The number of pyridine rings is 1. The molecule has 1 fully saturated rings. The number of allylic oxidation sites excluding steroid dienone is 1. The van der Waals surface area contributed by atoms with Gasteiger partial charge in [0.15, 0.2) is 0 Å². The van der Waals surface area contributed by atoms with E-state index < -0.39 is 0 Å². The molecule has 1 aliphatic rings. The molecule has 4 aromatic heterocycles. The number of anilines is 2. The topological polar surface area (TPSA) is 106 Å². The molecular weight excluding hydrogens is 404 g/mol. The minimum Gasteiger partial charge on any atom is -0.474 e. The summed E-state index contributed by atoms with van der Waals surface area (Å²) < 4.78 is 8.13. The molecule has 0 unspecified atom stereocenters. The Labute approximate surface area is 186 Å². The summed E-state index contributed by atoms with van der Waals surface area (Å²) in [4.78, 5) is 16.9. The van der Waals surface area contributed by atoms with Crippen molar-refractivity contribution >= 4 is 22.7 Å². The third kappa shape index (κ3) is 4.19. The summed E-state index contributed by atoms with van der Waals surface area (Å²) in [5, 5.41) is 11.4. The molecule has 0 amide bonds. The van der Waals surface area contributed by atoms with E-state index in [4.69, 9.17) is 9.72 Å². The van der Waals surface area contributed by atoms with E-state index in [0.717, 1.165) is 41.6 Å². The highest BCUT2D eigenvalue weighted by molar-refractivity contribution is 5.97. The second kappa shape index (κ2) is 8.80. The number of rotatable bonds is 8. The summed E-state index contributed by atoms with van der Waals surface area (Å²) in [6.45, 7) is 0.885. The largest absolute Gasteiger partial charge is 0.474 e. The number of hydrogen-bond donors (Lipinski definition) is 3. The molecule has 4 aromatic rings. The zero-order valence-electron chi connectivity index (χ0n) is 18.1. The molecule has 0 saturated heterocycles. The first-order valence-corrected chi connectivity index (χ1v) is 10.7. The van der Waals surface area contributed by atoms with Gasteiger partial charge in [0, 0.05) is 49.5 Å². The van der Waals surface area contributed by atoms with Gasteiger partial charge in [-0.2, -0.15) is 15.1 Å². The number of aromatic amines is 1. The predicted molar refractivity (Wildman–Crippen MR) is 124 cm³/mol. The molecule has 0 spiro atoms. The normalized spacial score (nSPS) is 18.2. The maximum Gasteiger partial charge on any atom is 0.232 e. The second-order valence-electron chi connectivity index (χ2n) is 8.00. The van der Waals surface area contributed by atoms with Crippen LogP contribution in [0.15, 0.2) is 55.3 Å². The van der Waals surface area contributed by atoms with Gasteiger partial charge in [0.05, 0.1) is 17.3 Å². The van der Waals surface area contributed by atoms with Crippen molar-refractivity contribution in [3.8, 4) is 17.0 Å². The Morgan fingerprint density at radius 2 is 2.19 bits per heavy atom. The first kappa shape index (κ1) is 20.2. The summed E-state index contributed by atoms with van der Waals surface area (Å²) in [5.74, 6) is 1.58. The van der Waals surface area contributed by atoms with Gasteiger partial charge in [0.2, 0.25) is 11.8 Å². The predicted octanol–water partition coefficient (Wildman–Crippen LogP) is 3.43. The van der Waals surface area contributed by atoms with Gasteiger partial charge < -0.3 is 20.4 Å². The first-order chi connectivity index (χ1) is 15.7. The quantitative estimate of drug-likeness (QED) is 0.368. The van der Waals surface area contributed by atoms with Gasteiger partial charge in [-0.3, -0.25) is 9.67 Å². The molecule has 1 saturated carbocycles. The number of hydrogen-bond acceptors (Lipinski definition) is 7. The first-order valence-electron chi connectivity index (χ1n) is 10.7. The zero-order valence-corrected chi connectivity index (χ0v) is 18.1. The molecule has 1 aliphatic carbocycles. The van der Waals surface area contributed by atoms with Crippen LogP contribution in [0.1, 0.15) is 12.8 Å². The molecule has 5 rings (SSSR count). The van der Waals surface area contributed by atoms with Crippen molar-refractivity contribution in [3.63, 3.8) is 0 Å². The lowest BCUT2D eigenvalue weighted by atomic mass is 9.82. The van der Waals surface area contributed by atoms with Crippen LogP contribution in [-0.4, -0.2) is 49.4 Å². The molecule has 32 heavy (non-hydrogen) atoms. The molecule has 3 N–H and O–H groups in total. The average molecular weight is 431 g/mol. The van der Waals surface area contributed by atoms with Gasteiger partial charge in [-0.05, 0) is 31.9 Å². The SMILES string of the molecule is CNCC=CC1CC(Oc2nc(Nc3cnn(C)c3)nc3[nH]cc(-c4cccnc4)c23)C1. The smallest absolute Gasteiger partial charge is 0.232 e. The summed E-state index contributed by atoms with van der Waals surface area (Å²) in [6.07, 6.45) is 15.6. The number of aryl methyl sites for hydroxylation is 1. The molecule has 0 radical (unpaired) electrons. The third-order valence-corrected chi connectivity index (χ3v) is 5.57. The standard InChI is InChI=1S/C23H26N8O/c1-24-7-3-5-15-9-18(10-15)32-22-20-19(16-6-4-8-25-11-16)13-26-21(20)29-23(30-22)28-17-12-27-31(2)14-17/h3-6,8,11-15,18,24H,7,9-10H2,1-2H3,(H2,26,28,29,30). The number of H-pyrrole nitrogens is 1. The van der Waals surface area contributed by atoms with E-state index in [1.54, 1.807) is 17.1 Å². The van der Waals surface area contributed by atoms with Crippen LogP contribution in [0.25, 0.3) is 22.2 Å². The number of fused-ring (bicyclic) bond motifs is 1. The number of likely N-dealkylation sites (N-methyl/N-ethyl adjacent to an activating group) is 1. The van der Waals surface area contributed by atoms with Crippen molar-refractivity contribution in [2.75, 3.05) is 18.9 Å². The van der Waals surface area contributed by atoms with E-state index in [9.17, 15) is 0 Å². The van der Waals surface area contributed by atoms with Crippen molar-refractivity contribution in [3.05, 3.63) is 55.3 Å². The van der Waals surface area contributed by atoms with Crippen molar-refractivity contribution in [2.45, 2.75) is 18.9 Å². The van der Waals surface area contributed by atoms with E-state index in [0.29, 0.717) is 23.4 Å². The fourth-order valence-electron chi connectivity index (χ4n) is 3.90. The number of ether oxygens (including phenoxy) is 1. The average Bonchev–Trinajstić information content (AvgIpc) is 3.38. The lowest BCUT2D eigenvalue weighted by Crippen LogP contribution is -2.33. The van der Waals surface area contributed by atoms with Crippen LogP contribution in [-0.2, 0) is 7.05 Å². The summed E-state index contributed by atoms with van der Waals surface area (Å²) in [5.41, 5.74) is 3.49. The van der Waals surface area contributed by atoms with Crippen molar-refractivity contribution in [1.29, 1.82) is 0 Å². The Morgan fingerprint density at radius 1 is 1.28 bits per heavy atom. The maximum absolute atomic E-state index is 6.40. The lowest BCUT2D eigenvalue weighted by molar-refractivity contribution is 0.0833. The Balaban J connectivity index is 1.45. The van der Waals surface area contributed by atoms with Gasteiger partial charge in [0.25, 0.3) is 0 Å². The molecule has 4 heterocycles. The van der Waals surface area contributed by atoms with Crippen LogP contribution < -0.4 is 15.4 Å². The maximum atomic E-state index is 6.40. The van der Waals surface area contributed by atoms with Gasteiger partial charge in [-0.25, -0.2) is 0 Å². The Kier molecular flexibility index (Phi) is 5.55. The Bertz CT molecular complexity index is 1220. The van der Waals surface area contributed by atoms with Gasteiger partial charge in [-0.1, -0.05) is 18.2 Å². The molecule has 0 atom stereocenters. The van der Waals surface area contributed by atoms with Crippen molar-refractivity contribution in [2.24, 2.45) is 13.0 Å². The minimum absolute atomic E-state index is 0.125. The van der Waals surface area contributed by atoms with E-state index >= 15 is 0 Å². The van der Waals surface area contributed by atoms with Crippen LogP contribution in [0.3, 0.4) is 0 Å². The molecule has 9 heteroatoms. The lowest BCUT2D eigenvalue weighted by Gasteiger charge is -2.33. The molecule has 0 aliphatic heterocycles. The van der Waals surface area contributed by atoms with Crippen molar-refractivity contribution in [1.82, 2.24) is 35.0 Å². The van der Waals surface area contributed by atoms with Crippen LogP contribution in [0.2, 0.25) is 0 Å². The molecule has 164 valence electrons. The van der Waals surface area contributed by atoms with Gasteiger partial charge >= 0.3 is 0 Å². The molecule has 0 aromatic carbocycles. The summed E-state index contributed by atoms with van der Waals surface area (Å²) in [6, 6.07) is 3.94. The van der Waals surface area contributed by atoms with E-state index in [1.165, 1.54) is 0 Å². The Hall–Kier alpha value is -3.72. The fourth-order valence-corrected chi connectivity index (χ4v) is 3.90. The third-order valence-electron chi connectivity index (χ3n) is 5.57. The van der Waals surface area contributed by atoms with Gasteiger partial charge in [-0.15, -0.1) is 0 Å². The number of aromatic nitrogens is 6. The highest BCUT2D eigenvalue weighted by Gasteiger charge is 2.30. The van der Waals surface area contributed by atoms with Crippen LogP contribution in [0.4, 0.5) is 11.6 Å². The number of nitrogens with zero attached hydrogens (tertiary/aromatic N) is 5. The van der Waals surface area contributed by atoms with Crippen molar-refractivity contribution < 1.29 is 4.74 Å². The monoisotopic (exact) mass is 430 g/mol. The number of nitrogens with one attached hydrogen (secondary N) is 3. The van der Waals surface area contributed by atoms with E-state index in [-0.39, 0.29) is 6.10 Å². The van der Waals surface area contributed by atoms with Gasteiger partial charge in [0.1, 0.15) is 11.8 Å². The summed E-state index contributed by atoms with van der Waals surface area (Å²) in [7, 11) is 3.82. The second-order valence-corrected chi connectivity index (χ2v) is 8.00. The zero-order chi connectivity index (χ0) is 21.9. The van der Waals surface area contributed by atoms with Crippen LogP contribution in [0, 0.1) is 5.92 Å².